The molecule has 176 valence electrons. The van der Waals surface area contributed by atoms with Crippen LogP contribution in [-0.2, 0) is 16.1 Å². The van der Waals surface area contributed by atoms with Gasteiger partial charge in [0, 0.05) is 44.2 Å². The van der Waals surface area contributed by atoms with Crippen molar-refractivity contribution in [2.45, 2.75) is 51.2 Å². The molecule has 0 spiro atoms. The van der Waals surface area contributed by atoms with Gasteiger partial charge in [0.2, 0.25) is 5.91 Å². The maximum Gasteiger partial charge on any atom is 0.326 e. The molecule has 2 N–H and O–H groups in total. The number of carboxylic acids is 1. The molecule has 2 aromatic rings. The van der Waals surface area contributed by atoms with Crippen molar-refractivity contribution >= 4 is 17.8 Å². The fourth-order valence-corrected chi connectivity index (χ4v) is 4.37. The maximum absolute atomic E-state index is 12.9. The molecule has 1 saturated heterocycles. The average Bonchev–Trinajstić information content (AvgIpc) is 2.84. The van der Waals surface area contributed by atoms with Crippen molar-refractivity contribution in [3.63, 3.8) is 0 Å². The van der Waals surface area contributed by atoms with Crippen molar-refractivity contribution in [2.75, 3.05) is 19.6 Å². The molecule has 1 heterocycles. The van der Waals surface area contributed by atoms with E-state index >= 15 is 0 Å². The van der Waals surface area contributed by atoms with Crippen LogP contribution in [0, 0.1) is 0 Å². The third-order valence-electron chi connectivity index (χ3n) is 6.19. The van der Waals surface area contributed by atoms with Crippen LogP contribution < -0.4 is 5.32 Å². The number of piperidine rings is 1. The van der Waals surface area contributed by atoms with E-state index in [1.807, 2.05) is 30.0 Å². The molecule has 7 heteroatoms. The number of carbonyl (C=O) groups excluding carboxylic acids is 2. The zero-order chi connectivity index (χ0) is 23.6. The van der Waals surface area contributed by atoms with Crippen LogP contribution in [0.1, 0.15) is 48.5 Å². The number of aliphatic carboxylic acids is 1. The minimum Gasteiger partial charge on any atom is -0.480 e. The summed E-state index contributed by atoms with van der Waals surface area (Å²) in [6, 6.07) is 17.9. The Morgan fingerprint density at radius 1 is 1.03 bits per heavy atom. The Labute approximate surface area is 195 Å². The van der Waals surface area contributed by atoms with Crippen molar-refractivity contribution < 1.29 is 19.5 Å². The van der Waals surface area contributed by atoms with Crippen molar-refractivity contribution in [2.24, 2.45) is 0 Å². The summed E-state index contributed by atoms with van der Waals surface area (Å²) in [4.78, 5) is 41.2. The summed E-state index contributed by atoms with van der Waals surface area (Å²) in [7, 11) is 0. The lowest BCUT2D eigenvalue weighted by Gasteiger charge is -2.38. The molecule has 2 amide bonds. The smallest absolute Gasteiger partial charge is 0.326 e. The predicted octanol–water partition coefficient (Wildman–Crippen LogP) is 3.16. The third kappa shape index (κ3) is 7.15. The molecule has 1 aliphatic rings. The molecule has 0 aromatic heterocycles. The van der Waals surface area contributed by atoms with Gasteiger partial charge in [-0.15, -0.1) is 0 Å². The highest BCUT2D eigenvalue weighted by Crippen LogP contribution is 2.20. The minimum atomic E-state index is -1.13. The molecular formula is C26H33N3O4. The second kappa shape index (κ2) is 12.2. The molecule has 0 bridgehead atoms. The van der Waals surface area contributed by atoms with E-state index in [1.54, 1.807) is 30.3 Å². The van der Waals surface area contributed by atoms with Gasteiger partial charge in [-0.25, -0.2) is 4.79 Å². The van der Waals surface area contributed by atoms with Crippen LogP contribution in [0.5, 0.6) is 0 Å². The summed E-state index contributed by atoms with van der Waals surface area (Å²) in [6.45, 7) is 5.31. The summed E-state index contributed by atoms with van der Waals surface area (Å²) < 4.78 is 0. The molecule has 0 saturated carbocycles. The van der Waals surface area contributed by atoms with Crippen LogP contribution in [0.4, 0.5) is 0 Å². The zero-order valence-corrected chi connectivity index (χ0v) is 19.2. The zero-order valence-electron chi connectivity index (χ0n) is 19.2. The first-order valence-electron chi connectivity index (χ1n) is 11.6. The Balaban J connectivity index is 1.49. The SMILES string of the molecule is CCN(C(=O)CCC(NC(=O)c1ccccc1)C(=O)O)C1CCN(Cc2ccccc2)CC1. The number of nitrogens with one attached hydrogen (secondary N) is 1. The first-order chi connectivity index (χ1) is 16.0. The van der Waals surface area contributed by atoms with Crippen molar-refractivity contribution in [3.8, 4) is 0 Å². The van der Waals surface area contributed by atoms with Gasteiger partial charge in [0.05, 0.1) is 0 Å². The Bertz CT molecular complexity index is 912. The van der Waals surface area contributed by atoms with E-state index in [2.05, 4.69) is 22.3 Å². The number of benzene rings is 2. The molecule has 7 nitrogen and oxygen atoms in total. The first-order valence-corrected chi connectivity index (χ1v) is 11.6. The van der Waals surface area contributed by atoms with E-state index in [1.165, 1.54) is 5.56 Å². The van der Waals surface area contributed by atoms with Crippen LogP contribution in [0.25, 0.3) is 0 Å². The number of amides is 2. The molecule has 33 heavy (non-hydrogen) atoms. The third-order valence-corrected chi connectivity index (χ3v) is 6.19. The highest BCUT2D eigenvalue weighted by molar-refractivity contribution is 5.96. The fourth-order valence-electron chi connectivity index (χ4n) is 4.37. The molecule has 0 radical (unpaired) electrons. The molecule has 1 atom stereocenters. The number of nitrogens with zero attached hydrogens (tertiary/aromatic N) is 2. The van der Waals surface area contributed by atoms with Crippen molar-refractivity contribution in [1.82, 2.24) is 15.1 Å². The van der Waals surface area contributed by atoms with Crippen LogP contribution in [0.3, 0.4) is 0 Å². The lowest BCUT2D eigenvalue weighted by atomic mass is 10.0. The van der Waals surface area contributed by atoms with E-state index in [9.17, 15) is 19.5 Å². The maximum atomic E-state index is 12.9. The Morgan fingerprint density at radius 2 is 1.64 bits per heavy atom. The van der Waals surface area contributed by atoms with E-state index in [-0.39, 0.29) is 24.8 Å². The standard InChI is InChI=1S/C26H33N3O4/c1-2-29(22-15-17-28(18-16-22)19-20-9-5-3-6-10-20)24(30)14-13-23(26(32)33)27-25(31)21-11-7-4-8-12-21/h3-12,22-23H,2,13-19H2,1H3,(H,27,31)(H,32,33). The van der Waals surface area contributed by atoms with Gasteiger partial charge in [0.1, 0.15) is 6.04 Å². The number of likely N-dealkylation sites (tertiary alicyclic amines) is 1. The summed E-state index contributed by atoms with van der Waals surface area (Å²) in [5.41, 5.74) is 1.68. The monoisotopic (exact) mass is 451 g/mol. The van der Waals surface area contributed by atoms with Crippen LogP contribution in [0.15, 0.2) is 60.7 Å². The normalized spacial score (nSPS) is 15.5. The van der Waals surface area contributed by atoms with Crippen LogP contribution >= 0.6 is 0 Å². The van der Waals surface area contributed by atoms with Crippen LogP contribution in [0.2, 0.25) is 0 Å². The Morgan fingerprint density at radius 3 is 2.21 bits per heavy atom. The van der Waals surface area contributed by atoms with E-state index in [4.69, 9.17) is 0 Å². The molecule has 2 aromatic carbocycles. The van der Waals surface area contributed by atoms with Gasteiger partial charge in [-0.3, -0.25) is 14.5 Å². The van der Waals surface area contributed by atoms with Gasteiger partial charge < -0.3 is 15.3 Å². The number of hydrogen-bond acceptors (Lipinski definition) is 4. The van der Waals surface area contributed by atoms with Crippen LogP contribution in [-0.4, -0.2) is 64.4 Å². The minimum absolute atomic E-state index is 0.0563. The summed E-state index contributed by atoms with van der Waals surface area (Å²) in [5, 5.41) is 12.1. The lowest BCUT2D eigenvalue weighted by Crippen LogP contribution is -2.48. The van der Waals surface area contributed by atoms with E-state index < -0.39 is 17.9 Å². The lowest BCUT2D eigenvalue weighted by molar-refractivity contribution is -0.140. The van der Waals surface area contributed by atoms with Gasteiger partial charge in [-0.2, -0.15) is 0 Å². The molecule has 3 rings (SSSR count). The van der Waals surface area contributed by atoms with Gasteiger partial charge in [-0.1, -0.05) is 48.5 Å². The van der Waals surface area contributed by atoms with Crippen molar-refractivity contribution in [1.29, 1.82) is 0 Å². The topological polar surface area (TPSA) is 90.0 Å². The van der Waals surface area contributed by atoms with Gasteiger partial charge >= 0.3 is 5.97 Å². The predicted molar refractivity (Wildman–Crippen MR) is 127 cm³/mol. The summed E-state index contributed by atoms with van der Waals surface area (Å²) in [5.74, 6) is -1.64. The molecule has 1 fully saturated rings. The quantitative estimate of drug-likeness (QED) is 0.579. The first kappa shape index (κ1) is 24.5. The molecular weight excluding hydrogens is 418 g/mol. The van der Waals surface area contributed by atoms with Gasteiger partial charge in [0.25, 0.3) is 5.91 Å². The van der Waals surface area contributed by atoms with Gasteiger partial charge in [0.15, 0.2) is 0 Å². The number of carboxylic acid groups (broad SMARTS) is 1. The highest BCUT2D eigenvalue weighted by atomic mass is 16.4. The molecule has 1 unspecified atom stereocenters. The highest BCUT2D eigenvalue weighted by Gasteiger charge is 2.28. The van der Waals surface area contributed by atoms with E-state index in [0.29, 0.717) is 12.1 Å². The second-order valence-corrected chi connectivity index (χ2v) is 8.44. The number of carbonyl (C=O) groups is 3. The second-order valence-electron chi connectivity index (χ2n) is 8.44. The summed E-state index contributed by atoms with van der Waals surface area (Å²) >= 11 is 0. The Kier molecular flexibility index (Phi) is 9.01. The van der Waals surface area contributed by atoms with Gasteiger partial charge in [-0.05, 0) is 43.9 Å². The largest absolute Gasteiger partial charge is 0.480 e. The molecule has 1 aliphatic heterocycles. The number of hydrogen-bond donors (Lipinski definition) is 2. The summed E-state index contributed by atoms with van der Waals surface area (Å²) in [6.07, 6.45) is 1.96. The molecule has 0 aliphatic carbocycles. The van der Waals surface area contributed by atoms with E-state index in [0.717, 1.165) is 32.5 Å². The van der Waals surface area contributed by atoms with Crippen molar-refractivity contribution in [3.05, 3.63) is 71.8 Å². The fraction of sp³-hybridized carbons (Fsp3) is 0.423. The average molecular weight is 452 g/mol. The Hall–Kier alpha value is -3.19. The number of rotatable bonds is 10.